The molecular formula is C18H26F3N3O3S. The molecule has 0 aromatic heterocycles. The third kappa shape index (κ3) is 5.60. The van der Waals surface area contributed by atoms with E-state index in [2.05, 4.69) is 10.6 Å². The molecule has 1 aliphatic rings. The van der Waals surface area contributed by atoms with Gasteiger partial charge in [-0.2, -0.15) is 13.2 Å². The van der Waals surface area contributed by atoms with E-state index in [1.165, 1.54) is 10.4 Å². The van der Waals surface area contributed by atoms with Crippen LogP contribution in [0.2, 0.25) is 0 Å². The lowest BCUT2D eigenvalue weighted by molar-refractivity contribution is -0.137. The summed E-state index contributed by atoms with van der Waals surface area (Å²) < 4.78 is 64.1. The number of urea groups is 1. The number of sulfonamides is 1. The van der Waals surface area contributed by atoms with E-state index in [1.54, 1.807) is 19.9 Å². The Hall–Kier alpha value is -1.81. The number of hydrogen-bond donors (Lipinski definition) is 2. The van der Waals surface area contributed by atoms with Gasteiger partial charge >= 0.3 is 12.2 Å². The zero-order valence-corrected chi connectivity index (χ0v) is 16.8. The highest BCUT2D eigenvalue weighted by molar-refractivity contribution is 7.89. The van der Waals surface area contributed by atoms with Crippen LogP contribution in [-0.2, 0) is 21.6 Å². The molecule has 0 spiro atoms. The van der Waals surface area contributed by atoms with Crippen molar-refractivity contribution in [2.24, 2.45) is 0 Å². The predicted octanol–water partition coefficient (Wildman–Crippen LogP) is 2.71. The van der Waals surface area contributed by atoms with Crippen molar-refractivity contribution < 1.29 is 26.4 Å². The largest absolute Gasteiger partial charge is 0.416 e. The van der Waals surface area contributed by atoms with Crippen LogP contribution in [0, 0.1) is 0 Å². The van der Waals surface area contributed by atoms with Crippen LogP contribution >= 0.6 is 0 Å². The number of benzene rings is 1. The maximum absolute atomic E-state index is 12.9. The average molecular weight is 421 g/mol. The molecule has 10 heteroatoms. The number of nitrogens with zero attached hydrogens (tertiary/aromatic N) is 1. The van der Waals surface area contributed by atoms with Crippen LogP contribution in [0.1, 0.15) is 37.8 Å². The van der Waals surface area contributed by atoms with Gasteiger partial charge in [-0.15, -0.1) is 0 Å². The highest BCUT2D eigenvalue weighted by Gasteiger charge is 2.45. The summed E-state index contributed by atoms with van der Waals surface area (Å²) in [4.78, 5) is 12.0. The minimum absolute atomic E-state index is 0.0405. The highest BCUT2D eigenvalue weighted by Crippen LogP contribution is 2.48. The van der Waals surface area contributed by atoms with Gasteiger partial charge in [-0.05, 0) is 24.5 Å². The second-order valence-corrected chi connectivity index (χ2v) is 8.96. The van der Waals surface area contributed by atoms with Gasteiger partial charge in [0.25, 0.3) is 0 Å². The van der Waals surface area contributed by atoms with Crippen molar-refractivity contribution in [2.75, 3.05) is 31.9 Å². The lowest BCUT2D eigenvalue weighted by Crippen LogP contribution is -2.43. The number of halogens is 3. The smallest absolute Gasteiger partial charge is 0.337 e. The number of amides is 2. The molecule has 0 bridgehead atoms. The van der Waals surface area contributed by atoms with Crippen LogP contribution in [0.3, 0.4) is 0 Å². The van der Waals surface area contributed by atoms with Gasteiger partial charge in [-0.3, -0.25) is 0 Å². The van der Waals surface area contributed by atoms with Gasteiger partial charge in [0.1, 0.15) is 0 Å². The Bertz CT molecular complexity index is 789. The standard InChI is InChI=1S/C18H26F3N3O3S/c1-3-24(4-2)28(26,27)11-10-22-16(25)23-13-17(8-9-17)14-6-5-7-15(12-14)18(19,20)21/h5-7,12H,3-4,8-11,13H2,1-2H3,(H2,22,23,25). The summed E-state index contributed by atoms with van der Waals surface area (Å²) in [5.74, 6) is -0.207. The number of carbonyl (C=O) groups is 1. The number of carbonyl (C=O) groups excluding carboxylic acids is 1. The average Bonchev–Trinajstić information content (AvgIpc) is 3.41. The first kappa shape index (κ1) is 22.5. The van der Waals surface area contributed by atoms with Crippen molar-refractivity contribution in [3.05, 3.63) is 35.4 Å². The van der Waals surface area contributed by atoms with E-state index in [-0.39, 0.29) is 18.8 Å². The van der Waals surface area contributed by atoms with E-state index >= 15 is 0 Å². The second kappa shape index (κ2) is 8.69. The summed E-state index contributed by atoms with van der Waals surface area (Å²) in [6.45, 7) is 4.37. The van der Waals surface area contributed by atoms with Crippen LogP contribution < -0.4 is 10.6 Å². The van der Waals surface area contributed by atoms with Crippen LogP contribution in [0.4, 0.5) is 18.0 Å². The molecule has 2 N–H and O–H groups in total. The third-order valence-electron chi connectivity index (χ3n) is 4.99. The molecule has 1 fully saturated rings. The topological polar surface area (TPSA) is 78.5 Å². The minimum Gasteiger partial charge on any atom is -0.337 e. The van der Waals surface area contributed by atoms with Crippen molar-refractivity contribution in [3.8, 4) is 0 Å². The summed E-state index contributed by atoms with van der Waals surface area (Å²) >= 11 is 0. The van der Waals surface area contributed by atoms with Crippen LogP contribution in [-0.4, -0.2) is 50.7 Å². The van der Waals surface area contributed by atoms with E-state index in [9.17, 15) is 26.4 Å². The van der Waals surface area contributed by atoms with Gasteiger partial charge in [-0.1, -0.05) is 32.0 Å². The van der Waals surface area contributed by atoms with E-state index in [0.717, 1.165) is 12.1 Å². The summed E-state index contributed by atoms with van der Waals surface area (Å²) in [7, 11) is -3.43. The first-order chi connectivity index (χ1) is 13.0. The zero-order valence-electron chi connectivity index (χ0n) is 16.0. The molecule has 1 aliphatic carbocycles. The predicted molar refractivity (Wildman–Crippen MR) is 100 cm³/mol. The molecule has 2 rings (SSSR count). The second-order valence-electron chi connectivity index (χ2n) is 6.87. The number of nitrogens with one attached hydrogen (secondary N) is 2. The maximum Gasteiger partial charge on any atom is 0.416 e. The summed E-state index contributed by atoms with van der Waals surface area (Å²) in [5, 5.41) is 5.14. The summed E-state index contributed by atoms with van der Waals surface area (Å²) in [6, 6.07) is 4.63. The highest BCUT2D eigenvalue weighted by atomic mass is 32.2. The van der Waals surface area contributed by atoms with Crippen molar-refractivity contribution in [1.82, 2.24) is 14.9 Å². The molecule has 28 heavy (non-hydrogen) atoms. The third-order valence-corrected chi connectivity index (χ3v) is 7.01. The zero-order chi connectivity index (χ0) is 21.0. The fourth-order valence-electron chi connectivity index (χ4n) is 3.10. The van der Waals surface area contributed by atoms with Gasteiger partial charge < -0.3 is 10.6 Å². The normalized spacial score (nSPS) is 16.1. The lowest BCUT2D eigenvalue weighted by Gasteiger charge is -2.20. The van der Waals surface area contributed by atoms with Crippen LogP contribution in [0.25, 0.3) is 0 Å². The first-order valence-electron chi connectivity index (χ1n) is 9.21. The fraction of sp³-hybridized carbons (Fsp3) is 0.611. The van der Waals surface area contributed by atoms with E-state index in [1.807, 2.05) is 0 Å². The molecule has 158 valence electrons. The molecule has 0 aliphatic heterocycles. The SMILES string of the molecule is CCN(CC)S(=O)(=O)CCNC(=O)NCC1(c2cccc(C(F)(F)F)c2)CC1. The molecule has 0 unspecified atom stereocenters. The monoisotopic (exact) mass is 421 g/mol. The van der Waals surface area contributed by atoms with Gasteiger partial charge in [0, 0.05) is 31.6 Å². The van der Waals surface area contributed by atoms with Crippen molar-refractivity contribution in [1.29, 1.82) is 0 Å². The lowest BCUT2D eigenvalue weighted by atomic mass is 9.94. The van der Waals surface area contributed by atoms with Crippen molar-refractivity contribution in [2.45, 2.75) is 38.3 Å². The summed E-state index contributed by atoms with van der Waals surface area (Å²) in [5.41, 5.74) is -0.652. The van der Waals surface area contributed by atoms with Crippen LogP contribution in [0.15, 0.2) is 24.3 Å². The number of alkyl halides is 3. The van der Waals surface area contributed by atoms with Gasteiger partial charge in [0.05, 0.1) is 11.3 Å². The Morgan fingerprint density at radius 2 is 1.82 bits per heavy atom. The Kier molecular flexibility index (Phi) is 6.97. The van der Waals surface area contributed by atoms with Gasteiger partial charge in [0.15, 0.2) is 0 Å². The Morgan fingerprint density at radius 3 is 2.36 bits per heavy atom. The van der Waals surface area contributed by atoms with Gasteiger partial charge in [0.2, 0.25) is 10.0 Å². The maximum atomic E-state index is 12.9. The molecule has 0 saturated heterocycles. The molecular weight excluding hydrogens is 395 g/mol. The number of rotatable bonds is 9. The molecule has 0 heterocycles. The van der Waals surface area contributed by atoms with Gasteiger partial charge in [-0.25, -0.2) is 17.5 Å². The molecule has 6 nitrogen and oxygen atoms in total. The molecule has 0 radical (unpaired) electrons. The van der Waals surface area contributed by atoms with Crippen LogP contribution in [0.5, 0.6) is 0 Å². The Morgan fingerprint density at radius 1 is 1.18 bits per heavy atom. The summed E-state index contributed by atoms with van der Waals surface area (Å²) in [6.07, 6.45) is -3.04. The van der Waals surface area contributed by atoms with Crippen molar-refractivity contribution >= 4 is 16.1 Å². The fourth-order valence-corrected chi connectivity index (χ4v) is 4.50. The molecule has 0 atom stereocenters. The number of hydrogen-bond acceptors (Lipinski definition) is 3. The Balaban J connectivity index is 1.86. The molecule has 1 saturated carbocycles. The van der Waals surface area contributed by atoms with E-state index in [4.69, 9.17) is 0 Å². The van der Waals surface area contributed by atoms with E-state index < -0.39 is 33.2 Å². The molecule has 2 amide bonds. The molecule has 1 aromatic rings. The van der Waals surface area contributed by atoms with Crippen molar-refractivity contribution in [3.63, 3.8) is 0 Å². The van der Waals surface area contributed by atoms with E-state index in [0.29, 0.717) is 31.5 Å². The first-order valence-corrected chi connectivity index (χ1v) is 10.8. The quantitative estimate of drug-likeness (QED) is 0.644. The molecule has 1 aromatic carbocycles. The Labute approximate surface area is 163 Å². The minimum atomic E-state index is -4.41.